The van der Waals surface area contributed by atoms with E-state index in [1.165, 1.54) is 12.1 Å². The molecule has 0 atom stereocenters. The van der Waals surface area contributed by atoms with Gasteiger partial charge in [0.25, 0.3) is 0 Å². The Bertz CT molecular complexity index is 555. The first kappa shape index (κ1) is 12.3. The molecule has 0 bridgehead atoms. The van der Waals surface area contributed by atoms with Crippen LogP contribution in [0.4, 0.5) is 10.1 Å². The van der Waals surface area contributed by atoms with Crippen molar-refractivity contribution in [2.75, 3.05) is 0 Å². The van der Waals surface area contributed by atoms with Crippen molar-refractivity contribution in [1.82, 2.24) is 0 Å². The Morgan fingerprint density at radius 2 is 1.88 bits per heavy atom. The molecule has 0 amide bonds. The number of aliphatic imine (C=N–C) groups is 1. The highest BCUT2D eigenvalue weighted by molar-refractivity contribution is 9.10. The molecule has 1 nitrogen and oxygen atoms in total. The normalized spacial score (nSPS) is 11.0. The molecule has 0 aliphatic carbocycles. The SMILES string of the molecule is Fc1cc(Br)c(Cl)c(N=Cc2ccccc2)c1. The minimum Gasteiger partial charge on any atom is -0.255 e. The third kappa shape index (κ3) is 3.14. The fraction of sp³-hybridized carbons (Fsp3) is 0. The molecule has 0 saturated heterocycles. The van der Waals surface area contributed by atoms with Gasteiger partial charge >= 0.3 is 0 Å². The minimum atomic E-state index is -0.374. The van der Waals surface area contributed by atoms with Crippen molar-refractivity contribution in [3.63, 3.8) is 0 Å². The van der Waals surface area contributed by atoms with E-state index in [1.807, 2.05) is 30.3 Å². The van der Waals surface area contributed by atoms with Crippen LogP contribution in [0, 0.1) is 5.82 Å². The number of hydrogen-bond donors (Lipinski definition) is 0. The molecule has 0 heterocycles. The van der Waals surface area contributed by atoms with Crippen molar-refractivity contribution in [2.45, 2.75) is 0 Å². The number of halogens is 3. The van der Waals surface area contributed by atoms with E-state index in [4.69, 9.17) is 11.6 Å². The number of benzene rings is 2. The number of rotatable bonds is 2. The molecule has 0 spiro atoms. The summed E-state index contributed by atoms with van der Waals surface area (Å²) in [5, 5.41) is 0.401. The first-order chi connectivity index (χ1) is 8.16. The fourth-order valence-electron chi connectivity index (χ4n) is 1.32. The molecule has 0 fully saturated rings. The van der Waals surface area contributed by atoms with Crippen molar-refractivity contribution in [2.24, 2.45) is 4.99 Å². The summed E-state index contributed by atoms with van der Waals surface area (Å²) in [4.78, 5) is 4.17. The highest BCUT2D eigenvalue weighted by Crippen LogP contribution is 2.33. The van der Waals surface area contributed by atoms with E-state index in [0.29, 0.717) is 15.2 Å². The summed E-state index contributed by atoms with van der Waals surface area (Å²) >= 11 is 9.18. The minimum absolute atomic E-state index is 0.374. The van der Waals surface area contributed by atoms with Gasteiger partial charge in [-0.1, -0.05) is 41.9 Å². The van der Waals surface area contributed by atoms with Gasteiger partial charge in [-0.15, -0.1) is 0 Å². The Hall–Kier alpha value is -1.19. The summed E-state index contributed by atoms with van der Waals surface area (Å²) in [6.07, 6.45) is 1.65. The molecule has 0 aromatic heterocycles. The second-order valence-electron chi connectivity index (χ2n) is 3.39. The van der Waals surface area contributed by atoms with E-state index in [-0.39, 0.29) is 5.82 Å². The van der Waals surface area contributed by atoms with E-state index in [0.717, 1.165) is 5.56 Å². The quantitative estimate of drug-likeness (QED) is 0.547. The van der Waals surface area contributed by atoms with Crippen LogP contribution < -0.4 is 0 Å². The van der Waals surface area contributed by atoms with E-state index in [9.17, 15) is 4.39 Å². The second kappa shape index (κ2) is 5.43. The molecule has 0 aliphatic heterocycles. The smallest absolute Gasteiger partial charge is 0.126 e. The Labute approximate surface area is 112 Å². The highest BCUT2D eigenvalue weighted by atomic mass is 79.9. The summed E-state index contributed by atoms with van der Waals surface area (Å²) in [6, 6.07) is 12.2. The van der Waals surface area contributed by atoms with Gasteiger partial charge in [0.15, 0.2) is 0 Å². The lowest BCUT2D eigenvalue weighted by Crippen LogP contribution is -1.81. The van der Waals surface area contributed by atoms with Crippen LogP contribution in [0.5, 0.6) is 0 Å². The van der Waals surface area contributed by atoms with Crippen molar-refractivity contribution in [1.29, 1.82) is 0 Å². The average molecular weight is 313 g/mol. The van der Waals surface area contributed by atoms with Gasteiger partial charge in [0.1, 0.15) is 5.82 Å². The van der Waals surface area contributed by atoms with Gasteiger partial charge in [-0.3, -0.25) is 4.99 Å². The van der Waals surface area contributed by atoms with Gasteiger partial charge in [-0.25, -0.2) is 4.39 Å². The lowest BCUT2D eigenvalue weighted by molar-refractivity contribution is 0.627. The van der Waals surface area contributed by atoms with Crippen LogP contribution >= 0.6 is 27.5 Å². The fourth-order valence-corrected chi connectivity index (χ4v) is 1.90. The third-order valence-electron chi connectivity index (χ3n) is 2.13. The Kier molecular flexibility index (Phi) is 3.92. The van der Waals surface area contributed by atoms with Crippen LogP contribution in [0.2, 0.25) is 5.02 Å². The van der Waals surface area contributed by atoms with Gasteiger partial charge in [0.2, 0.25) is 0 Å². The molecule has 86 valence electrons. The zero-order valence-corrected chi connectivity index (χ0v) is 11.0. The Morgan fingerprint density at radius 3 is 2.59 bits per heavy atom. The van der Waals surface area contributed by atoms with Gasteiger partial charge in [-0.05, 0) is 27.6 Å². The Morgan fingerprint density at radius 1 is 1.18 bits per heavy atom. The van der Waals surface area contributed by atoms with Gasteiger partial charge in [-0.2, -0.15) is 0 Å². The molecular weight excluding hydrogens is 305 g/mol. The van der Waals surface area contributed by atoms with Crippen LogP contribution in [-0.4, -0.2) is 6.21 Å². The van der Waals surface area contributed by atoms with E-state index < -0.39 is 0 Å². The van der Waals surface area contributed by atoms with E-state index >= 15 is 0 Å². The van der Waals surface area contributed by atoms with Crippen LogP contribution in [0.15, 0.2) is 51.9 Å². The lowest BCUT2D eigenvalue weighted by Gasteiger charge is -2.01. The van der Waals surface area contributed by atoms with Crippen molar-refractivity contribution in [3.05, 3.63) is 63.3 Å². The molecule has 0 N–H and O–H groups in total. The van der Waals surface area contributed by atoms with Gasteiger partial charge in [0.05, 0.1) is 10.7 Å². The first-order valence-corrected chi connectivity index (χ1v) is 6.07. The summed E-state index contributed by atoms with van der Waals surface area (Å²) in [5.41, 5.74) is 1.34. The summed E-state index contributed by atoms with van der Waals surface area (Å²) in [5.74, 6) is -0.374. The largest absolute Gasteiger partial charge is 0.255 e. The third-order valence-corrected chi connectivity index (χ3v) is 3.38. The van der Waals surface area contributed by atoms with Crippen LogP contribution in [0.25, 0.3) is 0 Å². The van der Waals surface area contributed by atoms with Gasteiger partial charge in [0, 0.05) is 16.8 Å². The molecule has 0 saturated carbocycles. The predicted octanol–water partition coefficient (Wildman–Crippen LogP) is 4.99. The molecule has 2 aromatic carbocycles. The lowest BCUT2D eigenvalue weighted by atomic mass is 10.2. The zero-order valence-electron chi connectivity index (χ0n) is 8.70. The summed E-state index contributed by atoms with van der Waals surface area (Å²) < 4.78 is 13.7. The van der Waals surface area contributed by atoms with E-state index in [1.54, 1.807) is 6.21 Å². The standard InChI is InChI=1S/C13H8BrClFN/c14-11-6-10(16)7-12(13(11)15)17-8-9-4-2-1-3-5-9/h1-8H. The molecule has 0 aliphatic rings. The van der Waals surface area contributed by atoms with Crippen molar-refractivity contribution >= 4 is 39.4 Å². The molecule has 4 heteroatoms. The van der Waals surface area contributed by atoms with Crippen molar-refractivity contribution < 1.29 is 4.39 Å². The molecular formula is C13H8BrClFN. The van der Waals surface area contributed by atoms with Crippen molar-refractivity contribution in [3.8, 4) is 0 Å². The predicted molar refractivity (Wildman–Crippen MR) is 72.8 cm³/mol. The second-order valence-corrected chi connectivity index (χ2v) is 4.62. The van der Waals surface area contributed by atoms with Crippen LogP contribution in [0.1, 0.15) is 5.56 Å². The first-order valence-electron chi connectivity index (χ1n) is 4.90. The monoisotopic (exact) mass is 311 g/mol. The maximum atomic E-state index is 13.2. The molecule has 17 heavy (non-hydrogen) atoms. The topological polar surface area (TPSA) is 12.4 Å². The summed E-state index contributed by atoms with van der Waals surface area (Å²) in [7, 11) is 0. The maximum Gasteiger partial charge on any atom is 0.126 e. The van der Waals surface area contributed by atoms with E-state index in [2.05, 4.69) is 20.9 Å². The summed E-state index contributed by atoms with van der Waals surface area (Å²) in [6.45, 7) is 0. The van der Waals surface area contributed by atoms with Crippen LogP contribution in [0.3, 0.4) is 0 Å². The maximum absolute atomic E-state index is 13.2. The highest BCUT2D eigenvalue weighted by Gasteiger charge is 2.05. The molecule has 2 aromatic rings. The molecule has 0 radical (unpaired) electrons. The zero-order chi connectivity index (χ0) is 12.3. The van der Waals surface area contributed by atoms with Crippen LogP contribution in [-0.2, 0) is 0 Å². The molecule has 0 unspecified atom stereocenters. The average Bonchev–Trinajstić information content (AvgIpc) is 2.33. The number of hydrogen-bond acceptors (Lipinski definition) is 1. The van der Waals surface area contributed by atoms with Gasteiger partial charge < -0.3 is 0 Å². The molecule has 2 rings (SSSR count). The Balaban J connectivity index is 2.33. The number of nitrogens with zero attached hydrogens (tertiary/aromatic N) is 1.